The first kappa shape index (κ1) is 15.8. The van der Waals surface area contributed by atoms with Crippen LogP contribution >= 0.6 is 0 Å². The lowest BCUT2D eigenvalue weighted by Crippen LogP contribution is -2.07. The number of aromatic nitrogens is 2. The quantitative estimate of drug-likeness (QED) is 0.697. The molecule has 0 N–H and O–H groups in total. The summed E-state index contributed by atoms with van der Waals surface area (Å²) < 4.78 is 0. The Kier molecular flexibility index (Phi) is 4.91. The van der Waals surface area contributed by atoms with E-state index in [4.69, 9.17) is 4.98 Å². The van der Waals surface area contributed by atoms with E-state index in [0.29, 0.717) is 0 Å². The van der Waals surface area contributed by atoms with E-state index in [2.05, 4.69) is 23.2 Å². The molecule has 0 amide bonds. The standard InChI is InChI=1S/C22H28N2/c1-2-4-8-18-16-19-9-6-12-20-17(10-7-15-23-20)13-14-22(19)24-21(18)11-5-3-1/h7,10,15-16H,1-6,8-9,11-14H2. The van der Waals surface area contributed by atoms with Crippen molar-refractivity contribution < 1.29 is 0 Å². The molecule has 0 unspecified atom stereocenters. The fourth-order valence-electron chi connectivity index (χ4n) is 4.31. The molecule has 126 valence electrons. The fraction of sp³-hybridized carbons (Fsp3) is 0.545. The molecular weight excluding hydrogens is 292 g/mol. The average Bonchev–Trinajstić information content (AvgIpc) is 2.77. The van der Waals surface area contributed by atoms with Gasteiger partial charge in [-0.3, -0.25) is 9.97 Å². The summed E-state index contributed by atoms with van der Waals surface area (Å²) in [4.78, 5) is 9.81. The van der Waals surface area contributed by atoms with Gasteiger partial charge in [0, 0.05) is 23.3 Å². The molecule has 24 heavy (non-hydrogen) atoms. The first-order chi connectivity index (χ1) is 11.9. The molecule has 2 aliphatic carbocycles. The molecular formula is C22H28N2. The predicted octanol–water partition coefficient (Wildman–Crippen LogP) is 4.80. The second-order valence-corrected chi connectivity index (χ2v) is 7.43. The molecule has 0 aromatic carbocycles. The molecule has 2 aromatic rings. The van der Waals surface area contributed by atoms with E-state index >= 15 is 0 Å². The third-order valence-corrected chi connectivity index (χ3v) is 5.69. The molecule has 0 aliphatic heterocycles. The van der Waals surface area contributed by atoms with Crippen LogP contribution in [0.4, 0.5) is 0 Å². The van der Waals surface area contributed by atoms with Crippen LogP contribution in [0.2, 0.25) is 0 Å². The van der Waals surface area contributed by atoms with E-state index in [1.807, 2.05) is 6.20 Å². The summed E-state index contributed by atoms with van der Waals surface area (Å²) in [6.07, 6.45) is 16.8. The van der Waals surface area contributed by atoms with Crippen LogP contribution in [0.15, 0.2) is 24.4 Å². The number of hydrogen-bond donors (Lipinski definition) is 0. The molecule has 0 atom stereocenters. The van der Waals surface area contributed by atoms with Crippen molar-refractivity contribution in [1.29, 1.82) is 0 Å². The minimum absolute atomic E-state index is 1.07. The second-order valence-electron chi connectivity index (χ2n) is 7.43. The van der Waals surface area contributed by atoms with Gasteiger partial charge in [-0.15, -0.1) is 0 Å². The summed E-state index contributed by atoms with van der Waals surface area (Å²) in [5.74, 6) is 0. The Bertz CT molecular complexity index is 705. The highest BCUT2D eigenvalue weighted by molar-refractivity contribution is 5.33. The van der Waals surface area contributed by atoms with Gasteiger partial charge in [0.25, 0.3) is 0 Å². The topological polar surface area (TPSA) is 25.8 Å². The fourth-order valence-corrected chi connectivity index (χ4v) is 4.31. The van der Waals surface area contributed by atoms with E-state index in [-0.39, 0.29) is 0 Å². The van der Waals surface area contributed by atoms with Gasteiger partial charge in [0.15, 0.2) is 0 Å². The Hall–Kier alpha value is -1.70. The number of pyridine rings is 2. The maximum absolute atomic E-state index is 5.19. The molecule has 0 bridgehead atoms. The molecule has 2 aromatic heterocycles. The highest BCUT2D eigenvalue weighted by Gasteiger charge is 2.16. The zero-order chi connectivity index (χ0) is 16.2. The Balaban J connectivity index is 1.65. The number of nitrogens with zero attached hydrogens (tertiary/aromatic N) is 2. The lowest BCUT2D eigenvalue weighted by molar-refractivity contribution is 0.628. The van der Waals surface area contributed by atoms with Crippen molar-refractivity contribution in [3.63, 3.8) is 0 Å². The highest BCUT2D eigenvalue weighted by atomic mass is 14.7. The van der Waals surface area contributed by atoms with Crippen LogP contribution in [0.3, 0.4) is 0 Å². The van der Waals surface area contributed by atoms with Crippen LogP contribution in [0, 0.1) is 0 Å². The third kappa shape index (κ3) is 3.53. The molecule has 2 aliphatic rings. The smallest absolute Gasteiger partial charge is 0.0442 e. The molecule has 0 fully saturated rings. The van der Waals surface area contributed by atoms with Crippen molar-refractivity contribution in [3.05, 3.63) is 58.2 Å². The highest BCUT2D eigenvalue weighted by Crippen LogP contribution is 2.25. The van der Waals surface area contributed by atoms with E-state index in [9.17, 15) is 0 Å². The zero-order valence-corrected chi connectivity index (χ0v) is 14.7. The molecule has 0 spiro atoms. The average molecular weight is 320 g/mol. The van der Waals surface area contributed by atoms with E-state index < -0.39 is 0 Å². The number of hydrogen-bond acceptors (Lipinski definition) is 2. The van der Waals surface area contributed by atoms with Gasteiger partial charge in [-0.05, 0) is 80.5 Å². The first-order valence-corrected chi connectivity index (χ1v) is 9.83. The van der Waals surface area contributed by atoms with Gasteiger partial charge in [0.1, 0.15) is 0 Å². The third-order valence-electron chi connectivity index (χ3n) is 5.69. The summed E-state index contributed by atoms with van der Waals surface area (Å²) in [6.45, 7) is 0. The van der Waals surface area contributed by atoms with Gasteiger partial charge >= 0.3 is 0 Å². The van der Waals surface area contributed by atoms with E-state index in [1.54, 1.807) is 5.56 Å². The summed E-state index contributed by atoms with van der Waals surface area (Å²) in [5, 5.41) is 0. The van der Waals surface area contributed by atoms with Crippen molar-refractivity contribution >= 4 is 0 Å². The van der Waals surface area contributed by atoms with Gasteiger partial charge < -0.3 is 0 Å². The Morgan fingerprint density at radius 2 is 1.29 bits per heavy atom. The van der Waals surface area contributed by atoms with Crippen LogP contribution in [0.1, 0.15) is 72.3 Å². The zero-order valence-electron chi connectivity index (χ0n) is 14.7. The lowest BCUT2D eigenvalue weighted by atomic mass is 9.97. The van der Waals surface area contributed by atoms with Gasteiger partial charge in [-0.25, -0.2) is 0 Å². The molecule has 0 saturated heterocycles. The number of fused-ring (bicyclic) bond motifs is 3. The van der Waals surface area contributed by atoms with E-state index in [0.717, 1.165) is 25.7 Å². The van der Waals surface area contributed by atoms with Crippen LogP contribution in [0.25, 0.3) is 0 Å². The van der Waals surface area contributed by atoms with Crippen LogP contribution in [-0.4, -0.2) is 9.97 Å². The van der Waals surface area contributed by atoms with Crippen molar-refractivity contribution in [2.75, 3.05) is 0 Å². The summed E-state index contributed by atoms with van der Waals surface area (Å²) in [7, 11) is 0. The van der Waals surface area contributed by atoms with Crippen LogP contribution in [0.5, 0.6) is 0 Å². The second kappa shape index (κ2) is 7.46. The van der Waals surface area contributed by atoms with Crippen molar-refractivity contribution in [2.24, 2.45) is 0 Å². The summed E-state index contributed by atoms with van der Waals surface area (Å²) >= 11 is 0. The molecule has 2 nitrogen and oxygen atoms in total. The van der Waals surface area contributed by atoms with Crippen molar-refractivity contribution in [2.45, 2.75) is 77.0 Å². The van der Waals surface area contributed by atoms with Crippen molar-refractivity contribution in [3.8, 4) is 0 Å². The van der Waals surface area contributed by atoms with Gasteiger partial charge in [0.2, 0.25) is 0 Å². The Morgan fingerprint density at radius 1 is 0.583 bits per heavy atom. The maximum Gasteiger partial charge on any atom is 0.0442 e. The molecule has 4 rings (SSSR count). The SMILES string of the molecule is c1cnc2c(c1)CCc1nc3c(cc1CCC2)CCCCCCC3. The molecule has 0 radical (unpaired) electrons. The molecule has 2 heteroatoms. The molecule has 0 saturated carbocycles. The van der Waals surface area contributed by atoms with Crippen molar-refractivity contribution in [1.82, 2.24) is 9.97 Å². The molecule has 2 heterocycles. The van der Waals surface area contributed by atoms with Gasteiger partial charge in [-0.1, -0.05) is 31.4 Å². The van der Waals surface area contributed by atoms with Crippen LogP contribution < -0.4 is 0 Å². The number of aryl methyl sites for hydroxylation is 6. The van der Waals surface area contributed by atoms with E-state index in [1.165, 1.54) is 79.6 Å². The number of rotatable bonds is 0. The summed E-state index contributed by atoms with van der Waals surface area (Å²) in [5.41, 5.74) is 8.56. The normalized spacial score (nSPS) is 18.5. The monoisotopic (exact) mass is 320 g/mol. The minimum atomic E-state index is 1.07. The maximum atomic E-state index is 5.19. The van der Waals surface area contributed by atoms with Crippen LogP contribution in [-0.2, 0) is 38.5 Å². The predicted molar refractivity (Wildman–Crippen MR) is 98.4 cm³/mol. The first-order valence-electron chi connectivity index (χ1n) is 9.83. The Labute approximate surface area is 145 Å². The Morgan fingerprint density at radius 3 is 2.21 bits per heavy atom. The lowest BCUT2D eigenvalue weighted by Gasteiger charge is -2.14. The largest absolute Gasteiger partial charge is 0.261 e. The van der Waals surface area contributed by atoms with Gasteiger partial charge in [-0.2, -0.15) is 0 Å². The summed E-state index contributed by atoms with van der Waals surface area (Å²) in [6, 6.07) is 6.85. The van der Waals surface area contributed by atoms with Gasteiger partial charge in [0.05, 0.1) is 0 Å². The minimum Gasteiger partial charge on any atom is -0.261 e.